The Balaban J connectivity index is 2.58. The third kappa shape index (κ3) is 1.23. The minimum absolute atomic E-state index is 0.622. The second kappa shape index (κ2) is 2.02. The van der Waals surface area contributed by atoms with E-state index in [1.807, 2.05) is 5.41 Å². The maximum absolute atomic E-state index is 5.28. The average Bonchev–Trinajstić information content (AvgIpc) is 1.69. The molecule has 0 amide bonds. The Morgan fingerprint density at radius 1 is 1.86 bits per heavy atom. The Labute approximate surface area is 46.5 Å². The quantitative estimate of drug-likeness (QED) is 0.499. The highest BCUT2D eigenvalue weighted by Gasteiger charge is 1.88. The third-order valence-electron chi connectivity index (χ3n) is 0.615. The number of aliphatic imine (C=N–C) groups is 1. The Bertz CT molecular complexity index is 117. The Hall–Kier alpha value is -0.440. The SMILES string of the molecule is NC1=CSCC=N1. The molecule has 2 N–H and O–H groups in total. The number of hydrogen-bond acceptors (Lipinski definition) is 3. The summed E-state index contributed by atoms with van der Waals surface area (Å²) in [6.45, 7) is 0. The van der Waals surface area contributed by atoms with Crippen molar-refractivity contribution in [3.05, 3.63) is 11.2 Å². The molecule has 0 spiro atoms. The van der Waals surface area contributed by atoms with Crippen LogP contribution in [-0.2, 0) is 0 Å². The van der Waals surface area contributed by atoms with Gasteiger partial charge in [0.25, 0.3) is 0 Å². The van der Waals surface area contributed by atoms with E-state index in [1.165, 1.54) is 0 Å². The highest BCUT2D eigenvalue weighted by molar-refractivity contribution is 8.02. The van der Waals surface area contributed by atoms with Gasteiger partial charge in [-0.25, -0.2) is 4.99 Å². The highest BCUT2D eigenvalue weighted by Crippen LogP contribution is 2.06. The molecule has 3 heteroatoms. The maximum atomic E-state index is 5.28. The van der Waals surface area contributed by atoms with E-state index in [-0.39, 0.29) is 0 Å². The van der Waals surface area contributed by atoms with Gasteiger partial charge in [-0.15, -0.1) is 11.8 Å². The normalized spacial score (nSPS) is 19.1. The van der Waals surface area contributed by atoms with Crippen LogP contribution >= 0.6 is 11.8 Å². The number of hydrogen-bond donors (Lipinski definition) is 1. The first-order chi connectivity index (χ1) is 3.39. The van der Waals surface area contributed by atoms with Gasteiger partial charge in [-0.05, 0) is 0 Å². The van der Waals surface area contributed by atoms with Crippen molar-refractivity contribution >= 4 is 18.0 Å². The van der Waals surface area contributed by atoms with Gasteiger partial charge in [-0.3, -0.25) is 0 Å². The van der Waals surface area contributed by atoms with Crippen LogP contribution in [0, 0.1) is 0 Å². The van der Waals surface area contributed by atoms with Crippen LogP contribution in [0.25, 0.3) is 0 Å². The summed E-state index contributed by atoms with van der Waals surface area (Å²) in [6, 6.07) is 0. The van der Waals surface area contributed by atoms with E-state index < -0.39 is 0 Å². The zero-order valence-corrected chi connectivity index (χ0v) is 4.61. The average molecular weight is 114 g/mol. The zero-order valence-electron chi connectivity index (χ0n) is 3.79. The summed E-state index contributed by atoms with van der Waals surface area (Å²) >= 11 is 1.67. The van der Waals surface area contributed by atoms with Crippen molar-refractivity contribution in [3.8, 4) is 0 Å². The molecule has 1 heterocycles. The van der Waals surface area contributed by atoms with Crippen LogP contribution in [0.2, 0.25) is 0 Å². The minimum atomic E-state index is 0.622. The Morgan fingerprint density at radius 3 is 3.00 bits per heavy atom. The van der Waals surface area contributed by atoms with Crippen LogP contribution in [0.1, 0.15) is 0 Å². The van der Waals surface area contributed by atoms with E-state index in [0.29, 0.717) is 5.82 Å². The molecular weight excluding hydrogens is 108 g/mol. The summed E-state index contributed by atoms with van der Waals surface area (Å²) < 4.78 is 0. The Morgan fingerprint density at radius 2 is 2.71 bits per heavy atom. The van der Waals surface area contributed by atoms with Gasteiger partial charge in [0.2, 0.25) is 0 Å². The van der Waals surface area contributed by atoms with Gasteiger partial charge >= 0.3 is 0 Å². The maximum Gasteiger partial charge on any atom is 0.129 e. The summed E-state index contributed by atoms with van der Waals surface area (Å²) in [4.78, 5) is 3.82. The van der Waals surface area contributed by atoms with Crippen molar-refractivity contribution in [1.82, 2.24) is 0 Å². The lowest BCUT2D eigenvalue weighted by Gasteiger charge is -1.96. The van der Waals surface area contributed by atoms with Crippen molar-refractivity contribution in [1.29, 1.82) is 0 Å². The van der Waals surface area contributed by atoms with Gasteiger partial charge in [-0.2, -0.15) is 0 Å². The van der Waals surface area contributed by atoms with E-state index >= 15 is 0 Å². The molecule has 0 fully saturated rings. The molecule has 2 nitrogen and oxygen atoms in total. The number of nitrogens with two attached hydrogens (primary N) is 1. The number of nitrogens with zero attached hydrogens (tertiary/aromatic N) is 1. The van der Waals surface area contributed by atoms with Gasteiger partial charge < -0.3 is 5.73 Å². The van der Waals surface area contributed by atoms with E-state index in [1.54, 1.807) is 18.0 Å². The van der Waals surface area contributed by atoms with Gasteiger partial charge in [0.15, 0.2) is 0 Å². The molecular formula is C4H6N2S. The molecule has 0 aliphatic carbocycles. The molecule has 0 aromatic rings. The summed E-state index contributed by atoms with van der Waals surface area (Å²) in [6.07, 6.45) is 1.81. The molecule has 0 saturated carbocycles. The van der Waals surface area contributed by atoms with Crippen LogP contribution in [0.4, 0.5) is 0 Å². The fourth-order valence-corrected chi connectivity index (χ4v) is 0.838. The van der Waals surface area contributed by atoms with Crippen molar-refractivity contribution < 1.29 is 0 Å². The first-order valence-corrected chi connectivity index (χ1v) is 3.04. The fraction of sp³-hybridized carbons (Fsp3) is 0.250. The highest BCUT2D eigenvalue weighted by atomic mass is 32.2. The lowest BCUT2D eigenvalue weighted by Crippen LogP contribution is -1.97. The van der Waals surface area contributed by atoms with E-state index in [4.69, 9.17) is 5.73 Å². The van der Waals surface area contributed by atoms with E-state index in [2.05, 4.69) is 4.99 Å². The number of rotatable bonds is 0. The molecule has 1 aliphatic rings. The molecule has 0 saturated heterocycles. The Kier molecular flexibility index (Phi) is 1.36. The topological polar surface area (TPSA) is 38.4 Å². The molecule has 0 bridgehead atoms. The van der Waals surface area contributed by atoms with Crippen molar-refractivity contribution in [2.45, 2.75) is 0 Å². The van der Waals surface area contributed by atoms with Crippen LogP contribution in [0.3, 0.4) is 0 Å². The van der Waals surface area contributed by atoms with Gasteiger partial charge in [-0.1, -0.05) is 0 Å². The van der Waals surface area contributed by atoms with E-state index in [9.17, 15) is 0 Å². The molecule has 0 unspecified atom stereocenters. The summed E-state index contributed by atoms with van der Waals surface area (Å²) in [5, 5.41) is 1.85. The molecule has 38 valence electrons. The predicted octanol–water partition coefficient (Wildman–Crippen LogP) is 0.562. The standard InChI is InChI=1S/C4H6N2S/c5-4-3-7-2-1-6-4/h1,3H,2,5H2. The second-order valence-corrected chi connectivity index (χ2v) is 2.09. The van der Waals surface area contributed by atoms with Crippen LogP contribution < -0.4 is 5.73 Å². The van der Waals surface area contributed by atoms with Crippen molar-refractivity contribution in [2.24, 2.45) is 10.7 Å². The van der Waals surface area contributed by atoms with Crippen LogP contribution in [0.15, 0.2) is 16.2 Å². The smallest absolute Gasteiger partial charge is 0.129 e. The number of thioether (sulfide) groups is 1. The van der Waals surface area contributed by atoms with E-state index in [0.717, 1.165) is 5.75 Å². The van der Waals surface area contributed by atoms with Gasteiger partial charge in [0.05, 0.1) is 0 Å². The molecule has 1 rings (SSSR count). The van der Waals surface area contributed by atoms with Crippen LogP contribution in [0.5, 0.6) is 0 Å². The first-order valence-electron chi connectivity index (χ1n) is 1.99. The molecule has 0 atom stereocenters. The van der Waals surface area contributed by atoms with Gasteiger partial charge in [0.1, 0.15) is 5.82 Å². The lowest BCUT2D eigenvalue weighted by atomic mass is 10.8. The van der Waals surface area contributed by atoms with Crippen LogP contribution in [-0.4, -0.2) is 12.0 Å². The largest absolute Gasteiger partial charge is 0.383 e. The molecule has 7 heavy (non-hydrogen) atoms. The summed E-state index contributed by atoms with van der Waals surface area (Å²) in [5.74, 6) is 1.58. The predicted molar refractivity (Wildman–Crippen MR) is 33.2 cm³/mol. The molecule has 0 aromatic carbocycles. The summed E-state index contributed by atoms with van der Waals surface area (Å²) in [7, 11) is 0. The molecule has 0 aromatic heterocycles. The van der Waals surface area contributed by atoms with Gasteiger partial charge in [0, 0.05) is 17.4 Å². The molecule has 1 aliphatic heterocycles. The zero-order chi connectivity index (χ0) is 5.11. The van der Waals surface area contributed by atoms with Crippen molar-refractivity contribution in [3.63, 3.8) is 0 Å². The third-order valence-corrected chi connectivity index (χ3v) is 1.36. The summed E-state index contributed by atoms with van der Waals surface area (Å²) in [5.41, 5.74) is 5.28. The van der Waals surface area contributed by atoms with Crippen molar-refractivity contribution in [2.75, 3.05) is 5.75 Å². The first kappa shape index (κ1) is 4.71. The minimum Gasteiger partial charge on any atom is -0.383 e. The second-order valence-electron chi connectivity index (χ2n) is 1.19. The molecule has 0 radical (unpaired) electrons. The monoisotopic (exact) mass is 114 g/mol. The lowest BCUT2D eigenvalue weighted by molar-refractivity contribution is 1.26. The fourth-order valence-electron chi connectivity index (χ4n) is 0.350.